The zero-order valence-corrected chi connectivity index (χ0v) is 16.8. The summed E-state index contributed by atoms with van der Waals surface area (Å²) in [7, 11) is -4.07. The van der Waals surface area contributed by atoms with Crippen LogP contribution < -0.4 is 0 Å². The first-order chi connectivity index (χ1) is 12.5. The number of carbonyl (C=O) groups is 2. The molecule has 4 bridgehead atoms. The molecule has 0 heterocycles. The van der Waals surface area contributed by atoms with Crippen molar-refractivity contribution >= 4 is 21.9 Å². The Balaban J connectivity index is 1.45. The van der Waals surface area contributed by atoms with Gasteiger partial charge >= 0.3 is 5.97 Å². The molecule has 0 aromatic carbocycles. The summed E-state index contributed by atoms with van der Waals surface area (Å²) < 4.78 is 37.9. The highest BCUT2D eigenvalue weighted by atomic mass is 32.2. The van der Waals surface area contributed by atoms with Crippen molar-refractivity contribution in [3.8, 4) is 0 Å². The first-order valence-corrected chi connectivity index (χ1v) is 11.5. The van der Waals surface area contributed by atoms with Gasteiger partial charge in [-0.05, 0) is 57.8 Å². The number of hydrogen-bond acceptors (Lipinski definition) is 5. The molecular weight excluding hydrogens is 368 g/mol. The van der Waals surface area contributed by atoms with E-state index in [1.807, 2.05) is 13.8 Å². The molecule has 0 aromatic heterocycles. The third-order valence-corrected chi connectivity index (χ3v) is 8.54. The van der Waals surface area contributed by atoms with Gasteiger partial charge < -0.3 is 4.74 Å². The quantitative estimate of drug-likeness (QED) is 0.436. The minimum absolute atomic E-state index is 0.0644. The summed E-state index contributed by atoms with van der Waals surface area (Å²) in [5.41, 5.74) is 0.701. The molecule has 7 heteroatoms. The van der Waals surface area contributed by atoms with E-state index in [9.17, 15) is 22.6 Å². The Morgan fingerprint density at radius 3 is 2.44 bits per heavy atom. The van der Waals surface area contributed by atoms with Gasteiger partial charge in [0.15, 0.2) is 0 Å². The number of ketones is 1. The van der Waals surface area contributed by atoms with E-state index in [1.165, 1.54) is 0 Å². The molecule has 150 valence electrons. The Kier molecular flexibility index (Phi) is 4.35. The molecule has 3 atom stereocenters. The minimum atomic E-state index is -4.07. The monoisotopic (exact) mass is 396 g/mol. The topological polar surface area (TPSA) is 97.7 Å². The molecular formula is C20H28O6S. The van der Waals surface area contributed by atoms with Gasteiger partial charge in [0, 0.05) is 17.3 Å². The first-order valence-electron chi connectivity index (χ1n) is 9.88. The molecule has 0 amide bonds. The SMILES string of the molecule is CC1=C(CC(=O)OC23CC4CC(C2)C(=O)C(C4)C3)CCC1(C)CS(=O)(=O)O. The van der Waals surface area contributed by atoms with Crippen molar-refractivity contribution in [3.63, 3.8) is 0 Å². The van der Waals surface area contributed by atoms with E-state index in [1.54, 1.807) is 0 Å². The van der Waals surface area contributed by atoms with E-state index < -0.39 is 21.1 Å². The van der Waals surface area contributed by atoms with Crippen LogP contribution in [-0.4, -0.2) is 36.1 Å². The second-order valence-electron chi connectivity index (χ2n) is 9.60. The van der Waals surface area contributed by atoms with Crippen molar-refractivity contribution in [2.45, 2.75) is 70.8 Å². The van der Waals surface area contributed by atoms with E-state index in [4.69, 9.17) is 4.74 Å². The predicted molar refractivity (Wildman–Crippen MR) is 98.5 cm³/mol. The molecule has 0 radical (unpaired) electrons. The lowest BCUT2D eigenvalue weighted by molar-refractivity contribution is -0.188. The van der Waals surface area contributed by atoms with Crippen molar-refractivity contribution < 1.29 is 27.3 Å². The summed E-state index contributed by atoms with van der Waals surface area (Å²) in [6.45, 7) is 3.67. The molecule has 0 spiro atoms. The molecule has 27 heavy (non-hydrogen) atoms. The second kappa shape index (κ2) is 6.14. The molecule has 0 aliphatic heterocycles. The number of ether oxygens (including phenoxy) is 1. The summed E-state index contributed by atoms with van der Waals surface area (Å²) in [4.78, 5) is 25.0. The van der Waals surface area contributed by atoms with Crippen molar-refractivity contribution in [2.75, 3.05) is 5.75 Å². The molecule has 0 aromatic rings. The largest absolute Gasteiger partial charge is 0.459 e. The van der Waals surface area contributed by atoms with Crippen molar-refractivity contribution in [1.29, 1.82) is 0 Å². The maximum Gasteiger partial charge on any atom is 0.310 e. The summed E-state index contributed by atoms with van der Waals surface area (Å²) in [6, 6.07) is 0. The molecule has 6 nitrogen and oxygen atoms in total. The summed E-state index contributed by atoms with van der Waals surface area (Å²) >= 11 is 0. The number of carbonyl (C=O) groups excluding carboxylic acids is 2. The van der Waals surface area contributed by atoms with Crippen LogP contribution in [0, 0.1) is 23.2 Å². The average Bonchev–Trinajstić information content (AvgIpc) is 2.77. The van der Waals surface area contributed by atoms with E-state index in [0.717, 1.165) is 30.4 Å². The van der Waals surface area contributed by atoms with E-state index >= 15 is 0 Å². The van der Waals surface area contributed by atoms with Gasteiger partial charge in [-0.15, -0.1) is 0 Å². The second-order valence-corrected chi connectivity index (χ2v) is 11.0. The van der Waals surface area contributed by atoms with Gasteiger partial charge in [-0.3, -0.25) is 14.1 Å². The highest BCUT2D eigenvalue weighted by molar-refractivity contribution is 7.85. The molecule has 5 aliphatic rings. The molecule has 4 saturated carbocycles. The maximum absolute atomic E-state index is 12.7. The summed E-state index contributed by atoms with van der Waals surface area (Å²) in [5, 5.41) is 0. The number of rotatable bonds is 5. The molecule has 1 N–H and O–H groups in total. The predicted octanol–water partition coefficient (Wildman–Crippen LogP) is 3.07. The van der Waals surface area contributed by atoms with Crippen LogP contribution in [0.3, 0.4) is 0 Å². The summed E-state index contributed by atoms with van der Waals surface area (Å²) in [5.74, 6) is 0.409. The maximum atomic E-state index is 12.7. The zero-order chi connectivity index (χ0) is 19.6. The molecule has 3 unspecified atom stereocenters. The Morgan fingerprint density at radius 1 is 1.22 bits per heavy atom. The number of esters is 1. The lowest BCUT2D eigenvalue weighted by atomic mass is 9.53. The standard InChI is InChI=1S/C20H28O6S/c1-12-14(3-4-19(12,2)11-27(23,24)25)7-17(21)26-20-8-13-5-15(9-20)18(22)16(6-13)10-20/h13,15-16H,3-11H2,1-2H3,(H,23,24,25). The molecule has 5 rings (SSSR count). The zero-order valence-electron chi connectivity index (χ0n) is 16.0. The molecule has 0 saturated heterocycles. The fourth-order valence-electron chi connectivity index (χ4n) is 6.28. The number of Topliss-reactive ketones (excluding diaryl/α,β-unsaturated/α-hetero) is 1. The van der Waals surface area contributed by atoms with Gasteiger partial charge in [0.25, 0.3) is 10.1 Å². The van der Waals surface area contributed by atoms with Gasteiger partial charge in [0.05, 0.1) is 12.2 Å². The van der Waals surface area contributed by atoms with Crippen LogP contribution in [0.4, 0.5) is 0 Å². The highest BCUT2D eigenvalue weighted by Crippen LogP contribution is 2.56. The smallest absolute Gasteiger partial charge is 0.310 e. The van der Waals surface area contributed by atoms with Crippen LogP contribution in [0.2, 0.25) is 0 Å². The Bertz CT molecular complexity index is 807. The van der Waals surface area contributed by atoms with Crippen LogP contribution in [0.25, 0.3) is 0 Å². The van der Waals surface area contributed by atoms with Crippen LogP contribution in [0.1, 0.15) is 65.2 Å². The lowest BCUT2D eigenvalue weighted by Gasteiger charge is -2.54. The van der Waals surface area contributed by atoms with Gasteiger partial charge in [-0.2, -0.15) is 8.42 Å². The Hall–Kier alpha value is -1.21. The van der Waals surface area contributed by atoms with Crippen LogP contribution in [0.15, 0.2) is 11.1 Å². The van der Waals surface area contributed by atoms with E-state index in [-0.39, 0.29) is 30.0 Å². The molecule has 4 fully saturated rings. The van der Waals surface area contributed by atoms with E-state index in [2.05, 4.69) is 0 Å². The van der Waals surface area contributed by atoms with Gasteiger partial charge in [-0.25, -0.2) is 0 Å². The van der Waals surface area contributed by atoms with Crippen molar-refractivity contribution in [2.24, 2.45) is 23.2 Å². The van der Waals surface area contributed by atoms with Gasteiger partial charge in [0.2, 0.25) is 0 Å². The highest BCUT2D eigenvalue weighted by Gasteiger charge is 2.57. The summed E-state index contributed by atoms with van der Waals surface area (Å²) in [6.07, 6.45) is 5.53. The Morgan fingerprint density at radius 2 is 1.85 bits per heavy atom. The third-order valence-electron chi connectivity index (χ3n) is 7.54. The van der Waals surface area contributed by atoms with Crippen LogP contribution >= 0.6 is 0 Å². The lowest BCUT2D eigenvalue weighted by Crippen LogP contribution is -2.56. The third kappa shape index (κ3) is 3.48. The van der Waals surface area contributed by atoms with Crippen LogP contribution in [-0.2, 0) is 24.4 Å². The van der Waals surface area contributed by atoms with Crippen molar-refractivity contribution in [1.82, 2.24) is 0 Å². The fourth-order valence-corrected chi connectivity index (χ4v) is 7.45. The van der Waals surface area contributed by atoms with Crippen molar-refractivity contribution in [3.05, 3.63) is 11.1 Å². The Labute approximate surface area is 160 Å². The van der Waals surface area contributed by atoms with E-state index in [0.29, 0.717) is 37.4 Å². The first kappa shape index (κ1) is 19.1. The minimum Gasteiger partial charge on any atom is -0.459 e. The molecule has 5 aliphatic carbocycles. The average molecular weight is 397 g/mol. The van der Waals surface area contributed by atoms with Crippen LogP contribution in [0.5, 0.6) is 0 Å². The fraction of sp³-hybridized carbons (Fsp3) is 0.800. The number of hydrogen-bond donors (Lipinski definition) is 1. The number of allylic oxidation sites excluding steroid dienone is 1. The van der Waals surface area contributed by atoms with Gasteiger partial charge in [0.1, 0.15) is 11.4 Å². The normalized spacial score (nSPS) is 40.7. The van der Waals surface area contributed by atoms with Gasteiger partial charge in [-0.1, -0.05) is 18.1 Å².